The van der Waals surface area contributed by atoms with E-state index in [1.807, 2.05) is 26.0 Å². The molecule has 0 heterocycles. The fourth-order valence-corrected chi connectivity index (χ4v) is 2.06. The van der Waals surface area contributed by atoms with Gasteiger partial charge in [-0.05, 0) is 29.7 Å². The number of anilines is 2. The van der Waals surface area contributed by atoms with Gasteiger partial charge in [0.2, 0.25) is 0 Å². The fourth-order valence-electron chi connectivity index (χ4n) is 2.06. The Balaban J connectivity index is 2.05. The largest absolute Gasteiger partial charge is 0.318 e. The topological polar surface area (TPSA) is 101 Å². The van der Waals surface area contributed by atoms with Gasteiger partial charge in [-0.1, -0.05) is 38.1 Å². The first-order valence-electron chi connectivity index (χ1n) is 7.34. The Kier molecular flexibility index (Phi) is 5.26. The van der Waals surface area contributed by atoms with Crippen molar-refractivity contribution in [2.45, 2.75) is 19.8 Å². The summed E-state index contributed by atoms with van der Waals surface area (Å²) < 4.78 is 0. The zero-order valence-electron chi connectivity index (χ0n) is 13.3. The molecule has 0 spiro atoms. The van der Waals surface area contributed by atoms with E-state index >= 15 is 0 Å². The molecule has 124 valence electrons. The lowest BCUT2D eigenvalue weighted by molar-refractivity contribution is -0.383. The second-order valence-electron chi connectivity index (χ2n) is 5.46. The SMILES string of the molecule is CC(C)c1ccc(NC(=O)C(=O)Nc2ccccc2[N+](=O)[O-])cc1. The number of amides is 2. The van der Waals surface area contributed by atoms with Crippen LogP contribution in [-0.4, -0.2) is 16.7 Å². The lowest BCUT2D eigenvalue weighted by Gasteiger charge is -2.09. The number of nitro groups is 1. The Labute approximate surface area is 138 Å². The van der Waals surface area contributed by atoms with Crippen LogP contribution >= 0.6 is 0 Å². The molecule has 0 bridgehead atoms. The summed E-state index contributed by atoms with van der Waals surface area (Å²) in [6, 6.07) is 12.7. The zero-order chi connectivity index (χ0) is 17.7. The molecule has 2 amide bonds. The summed E-state index contributed by atoms with van der Waals surface area (Å²) in [6.45, 7) is 4.10. The number of para-hydroxylation sites is 2. The molecular weight excluding hydrogens is 310 g/mol. The van der Waals surface area contributed by atoms with E-state index in [1.165, 1.54) is 24.3 Å². The summed E-state index contributed by atoms with van der Waals surface area (Å²) in [6.07, 6.45) is 0. The molecule has 0 aliphatic rings. The number of nitrogens with one attached hydrogen (secondary N) is 2. The quantitative estimate of drug-likeness (QED) is 0.511. The molecule has 7 heteroatoms. The Bertz CT molecular complexity index is 770. The smallest absolute Gasteiger partial charge is 0.314 e. The van der Waals surface area contributed by atoms with Gasteiger partial charge in [0.15, 0.2) is 0 Å². The highest BCUT2D eigenvalue weighted by atomic mass is 16.6. The second-order valence-corrected chi connectivity index (χ2v) is 5.46. The van der Waals surface area contributed by atoms with Gasteiger partial charge in [-0.15, -0.1) is 0 Å². The van der Waals surface area contributed by atoms with Crippen molar-refractivity contribution in [1.29, 1.82) is 0 Å². The third-order valence-corrected chi connectivity index (χ3v) is 3.39. The van der Waals surface area contributed by atoms with Crippen LogP contribution in [0.5, 0.6) is 0 Å². The third-order valence-electron chi connectivity index (χ3n) is 3.39. The van der Waals surface area contributed by atoms with Gasteiger partial charge < -0.3 is 10.6 Å². The first kappa shape index (κ1) is 17.1. The highest BCUT2D eigenvalue weighted by molar-refractivity contribution is 6.43. The monoisotopic (exact) mass is 327 g/mol. The fraction of sp³-hybridized carbons (Fsp3) is 0.176. The number of carbonyl (C=O) groups excluding carboxylic acids is 2. The molecule has 0 saturated carbocycles. The molecule has 7 nitrogen and oxygen atoms in total. The van der Waals surface area contributed by atoms with Crippen molar-refractivity contribution >= 4 is 28.9 Å². The van der Waals surface area contributed by atoms with E-state index in [4.69, 9.17) is 0 Å². The van der Waals surface area contributed by atoms with Gasteiger partial charge in [0.05, 0.1) is 4.92 Å². The van der Waals surface area contributed by atoms with Gasteiger partial charge in [0, 0.05) is 11.8 Å². The predicted octanol–water partition coefficient (Wildman–Crippen LogP) is 3.30. The molecule has 0 saturated heterocycles. The second kappa shape index (κ2) is 7.36. The number of carbonyl (C=O) groups is 2. The molecular formula is C17H17N3O4. The molecule has 2 aromatic carbocycles. The molecule has 0 radical (unpaired) electrons. The molecule has 0 unspecified atom stereocenters. The van der Waals surface area contributed by atoms with Crippen LogP contribution in [0, 0.1) is 10.1 Å². The molecule has 0 aromatic heterocycles. The molecule has 0 aliphatic heterocycles. The minimum atomic E-state index is -0.975. The summed E-state index contributed by atoms with van der Waals surface area (Å²) in [4.78, 5) is 34.1. The molecule has 2 rings (SSSR count). The van der Waals surface area contributed by atoms with Gasteiger partial charge >= 0.3 is 11.8 Å². The highest BCUT2D eigenvalue weighted by Gasteiger charge is 2.19. The number of nitro benzene ring substituents is 1. The molecule has 0 fully saturated rings. The maximum atomic E-state index is 11.9. The van der Waals surface area contributed by atoms with Crippen LogP contribution in [0.3, 0.4) is 0 Å². The van der Waals surface area contributed by atoms with E-state index in [1.54, 1.807) is 12.1 Å². The van der Waals surface area contributed by atoms with E-state index in [-0.39, 0.29) is 11.4 Å². The average molecular weight is 327 g/mol. The van der Waals surface area contributed by atoms with Crippen LogP contribution in [-0.2, 0) is 9.59 Å². The van der Waals surface area contributed by atoms with E-state index in [2.05, 4.69) is 10.6 Å². The first-order valence-corrected chi connectivity index (χ1v) is 7.34. The summed E-state index contributed by atoms with van der Waals surface area (Å²) in [5.74, 6) is -1.51. The van der Waals surface area contributed by atoms with Gasteiger partial charge in [-0.25, -0.2) is 0 Å². The number of nitrogens with zero attached hydrogens (tertiary/aromatic N) is 1. The maximum absolute atomic E-state index is 11.9. The minimum absolute atomic E-state index is 0.0298. The van der Waals surface area contributed by atoms with Crippen LogP contribution in [0.1, 0.15) is 25.3 Å². The van der Waals surface area contributed by atoms with Gasteiger partial charge in [0.25, 0.3) is 5.69 Å². The Morgan fingerprint density at radius 1 is 0.958 bits per heavy atom. The Hall–Kier alpha value is -3.22. The van der Waals surface area contributed by atoms with E-state index < -0.39 is 16.7 Å². The number of rotatable bonds is 4. The van der Waals surface area contributed by atoms with Crippen LogP contribution in [0.25, 0.3) is 0 Å². The normalized spacial score (nSPS) is 10.3. The highest BCUT2D eigenvalue weighted by Crippen LogP contribution is 2.23. The summed E-state index contributed by atoms with van der Waals surface area (Å²) >= 11 is 0. The average Bonchev–Trinajstić information content (AvgIpc) is 2.55. The lowest BCUT2D eigenvalue weighted by atomic mass is 10.0. The molecule has 0 atom stereocenters. The van der Waals surface area contributed by atoms with Crippen molar-refractivity contribution in [2.24, 2.45) is 0 Å². The van der Waals surface area contributed by atoms with Crippen molar-refractivity contribution in [3.8, 4) is 0 Å². The summed E-state index contributed by atoms with van der Waals surface area (Å²) in [5, 5.41) is 15.6. The summed E-state index contributed by atoms with van der Waals surface area (Å²) in [5.41, 5.74) is 1.28. The number of benzene rings is 2. The van der Waals surface area contributed by atoms with Crippen LogP contribution in [0.15, 0.2) is 48.5 Å². The van der Waals surface area contributed by atoms with E-state index in [0.29, 0.717) is 11.6 Å². The van der Waals surface area contributed by atoms with Gasteiger partial charge in [0.1, 0.15) is 5.69 Å². The van der Waals surface area contributed by atoms with Crippen LogP contribution in [0.4, 0.5) is 17.1 Å². The van der Waals surface area contributed by atoms with Crippen molar-refractivity contribution in [3.63, 3.8) is 0 Å². The number of hydrogen-bond acceptors (Lipinski definition) is 4. The maximum Gasteiger partial charge on any atom is 0.314 e. The van der Waals surface area contributed by atoms with Crippen LogP contribution < -0.4 is 10.6 Å². The number of hydrogen-bond donors (Lipinski definition) is 2. The van der Waals surface area contributed by atoms with E-state index in [9.17, 15) is 19.7 Å². The molecule has 2 aromatic rings. The third kappa shape index (κ3) is 4.16. The Morgan fingerprint density at radius 3 is 2.12 bits per heavy atom. The lowest BCUT2D eigenvalue weighted by Crippen LogP contribution is -2.29. The van der Waals surface area contributed by atoms with E-state index in [0.717, 1.165) is 5.56 Å². The van der Waals surface area contributed by atoms with Crippen molar-refractivity contribution in [2.75, 3.05) is 10.6 Å². The van der Waals surface area contributed by atoms with Crippen molar-refractivity contribution in [1.82, 2.24) is 0 Å². The molecule has 0 aliphatic carbocycles. The standard InChI is InChI=1S/C17H17N3O4/c1-11(2)12-7-9-13(10-8-12)18-16(21)17(22)19-14-5-3-4-6-15(14)20(23)24/h3-11H,1-2H3,(H,18,21)(H,19,22). The molecule has 24 heavy (non-hydrogen) atoms. The van der Waals surface area contributed by atoms with Crippen LogP contribution in [0.2, 0.25) is 0 Å². The molecule has 2 N–H and O–H groups in total. The summed E-state index contributed by atoms with van der Waals surface area (Å²) in [7, 11) is 0. The van der Waals surface area contributed by atoms with Crippen molar-refractivity contribution in [3.05, 3.63) is 64.2 Å². The minimum Gasteiger partial charge on any atom is -0.318 e. The van der Waals surface area contributed by atoms with Crippen molar-refractivity contribution < 1.29 is 14.5 Å². The predicted molar refractivity (Wildman–Crippen MR) is 90.9 cm³/mol. The first-order chi connectivity index (χ1) is 11.4. The Morgan fingerprint density at radius 2 is 1.54 bits per heavy atom. The zero-order valence-corrected chi connectivity index (χ0v) is 13.3. The van der Waals surface area contributed by atoms with Gasteiger partial charge in [-0.3, -0.25) is 19.7 Å². The van der Waals surface area contributed by atoms with Gasteiger partial charge in [-0.2, -0.15) is 0 Å².